The van der Waals surface area contributed by atoms with E-state index >= 15 is 0 Å². The van der Waals surface area contributed by atoms with Crippen molar-refractivity contribution in [2.45, 2.75) is 39.5 Å². The van der Waals surface area contributed by atoms with E-state index in [1.165, 1.54) is 7.11 Å². The third kappa shape index (κ3) is 7.08. The third-order valence-electron chi connectivity index (χ3n) is 4.04. The molecule has 0 atom stereocenters. The maximum Gasteiger partial charge on any atom is 0.117 e. The molecular weight excluding hydrogens is 356 g/mol. The van der Waals surface area contributed by atoms with Crippen molar-refractivity contribution < 1.29 is 14.8 Å². The van der Waals surface area contributed by atoms with Gasteiger partial charge in [0.05, 0.1) is 11.4 Å². The van der Waals surface area contributed by atoms with Gasteiger partial charge in [-0.3, -0.25) is 9.97 Å². The molecule has 0 radical (unpaired) electrons. The maximum absolute atomic E-state index is 8.93. The first-order valence-electron chi connectivity index (χ1n) is 9.42. The number of pyridine rings is 2. The van der Waals surface area contributed by atoms with Crippen LogP contribution in [0.3, 0.4) is 0 Å². The SMILES string of the molecule is CON=C(C)c1cccc(CCCON=C(C)c2cccc(CCCO)n2)n1. The van der Waals surface area contributed by atoms with Crippen LogP contribution in [0.25, 0.3) is 0 Å². The molecule has 0 aliphatic rings. The molecule has 2 aromatic rings. The summed E-state index contributed by atoms with van der Waals surface area (Å²) >= 11 is 0. The van der Waals surface area contributed by atoms with Gasteiger partial charge in [0.1, 0.15) is 25.1 Å². The minimum Gasteiger partial charge on any atom is -0.399 e. The number of hydrogen-bond donors (Lipinski definition) is 1. The van der Waals surface area contributed by atoms with Gasteiger partial charge in [0.25, 0.3) is 0 Å². The third-order valence-corrected chi connectivity index (χ3v) is 4.04. The number of aliphatic hydroxyl groups is 1. The minimum absolute atomic E-state index is 0.165. The van der Waals surface area contributed by atoms with Gasteiger partial charge in [0.15, 0.2) is 0 Å². The first kappa shape index (κ1) is 21.5. The average Bonchev–Trinajstić information content (AvgIpc) is 2.72. The van der Waals surface area contributed by atoms with Crippen molar-refractivity contribution in [2.24, 2.45) is 10.3 Å². The molecule has 2 aromatic heterocycles. The van der Waals surface area contributed by atoms with Crippen molar-refractivity contribution in [1.29, 1.82) is 0 Å². The molecular formula is C21H28N4O3. The lowest BCUT2D eigenvalue weighted by atomic mass is 10.2. The predicted octanol–water partition coefficient (Wildman–Crippen LogP) is 3.15. The Bertz CT molecular complexity index is 806. The van der Waals surface area contributed by atoms with E-state index in [4.69, 9.17) is 14.8 Å². The zero-order chi connectivity index (χ0) is 20.2. The van der Waals surface area contributed by atoms with Crippen LogP contribution in [-0.4, -0.2) is 46.8 Å². The fraction of sp³-hybridized carbons (Fsp3) is 0.429. The summed E-state index contributed by atoms with van der Waals surface area (Å²) in [6.45, 7) is 4.40. The molecule has 150 valence electrons. The Labute approximate surface area is 166 Å². The summed E-state index contributed by atoms with van der Waals surface area (Å²) in [4.78, 5) is 19.4. The Balaban J connectivity index is 1.82. The Morgan fingerprint density at radius 2 is 1.46 bits per heavy atom. The second kappa shape index (κ2) is 11.8. The van der Waals surface area contributed by atoms with Gasteiger partial charge in [0.2, 0.25) is 0 Å². The molecule has 0 unspecified atom stereocenters. The van der Waals surface area contributed by atoms with Gasteiger partial charge < -0.3 is 14.8 Å². The lowest BCUT2D eigenvalue weighted by Gasteiger charge is -2.05. The molecule has 0 saturated heterocycles. The van der Waals surface area contributed by atoms with Gasteiger partial charge in [-0.25, -0.2) is 0 Å². The predicted molar refractivity (Wildman–Crippen MR) is 110 cm³/mol. The number of oxime groups is 2. The second-order valence-electron chi connectivity index (χ2n) is 6.33. The quantitative estimate of drug-likeness (QED) is 0.365. The monoisotopic (exact) mass is 384 g/mol. The highest BCUT2D eigenvalue weighted by atomic mass is 16.6. The van der Waals surface area contributed by atoms with Crippen molar-refractivity contribution in [3.63, 3.8) is 0 Å². The lowest BCUT2D eigenvalue weighted by Crippen LogP contribution is -2.04. The summed E-state index contributed by atoms with van der Waals surface area (Å²) in [5.41, 5.74) is 5.00. The summed E-state index contributed by atoms with van der Waals surface area (Å²) in [7, 11) is 1.52. The van der Waals surface area contributed by atoms with E-state index in [0.717, 1.165) is 53.5 Å². The number of aliphatic hydroxyl groups excluding tert-OH is 1. The van der Waals surface area contributed by atoms with Gasteiger partial charge in [0, 0.05) is 18.0 Å². The molecule has 28 heavy (non-hydrogen) atoms. The standard InChI is InChI=1S/C21H28N4O3/c1-16(24-27-3)20-12-5-9-19(23-20)11-7-15-28-25-17(2)21-13-4-8-18(22-21)10-6-14-26/h4-5,8-9,12-13,26H,6-7,10-11,14-15H2,1-3H3. The van der Waals surface area contributed by atoms with Gasteiger partial charge in [-0.05, 0) is 63.8 Å². The van der Waals surface area contributed by atoms with Crippen LogP contribution in [0.15, 0.2) is 46.7 Å². The van der Waals surface area contributed by atoms with Crippen LogP contribution in [0.2, 0.25) is 0 Å². The topological polar surface area (TPSA) is 89.2 Å². The number of rotatable bonds is 11. The fourth-order valence-electron chi connectivity index (χ4n) is 2.59. The summed E-state index contributed by atoms with van der Waals surface area (Å²) in [5, 5.41) is 17.0. The van der Waals surface area contributed by atoms with E-state index in [1.54, 1.807) is 0 Å². The zero-order valence-electron chi connectivity index (χ0n) is 16.8. The molecule has 0 fully saturated rings. The summed E-state index contributed by atoms with van der Waals surface area (Å²) < 4.78 is 0. The van der Waals surface area contributed by atoms with Crippen LogP contribution < -0.4 is 0 Å². The second-order valence-corrected chi connectivity index (χ2v) is 6.33. The van der Waals surface area contributed by atoms with Crippen molar-refractivity contribution in [3.05, 3.63) is 59.2 Å². The molecule has 0 aliphatic heterocycles. The smallest absolute Gasteiger partial charge is 0.117 e. The highest BCUT2D eigenvalue weighted by Crippen LogP contribution is 2.06. The van der Waals surface area contributed by atoms with Crippen LogP contribution in [0.4, 0.5) is 0 Å². The van der Waals surface area contributed by atoms with E-state index < -0.39 is 0 Å². The van der Waals surface area contributed by atoms with Crippen LogP contribution in [0.5, 0.6) is 0 Å². The molecule has 2 heterocycles. The normalized spacial score (nSPS) is 12.1. The van der Waals surface area contributed by atoms with Gasteiger partial charge in [-0.2, -0.15) is 0 Å². The van der Waals surface area contributed by atoms with E-state index in [0.29, 0.717) is 13.0 Å². The maximum atomic E-state index is 8.93. The van der Waals surface area contributed by atoms with Crippen molar-refractivity contribution in [2.75, 3.05) is 20.3 Å². The number of aromatic nitrogens is 2. The first-order chi connectivity index (χ1) is 13.6. The minimum atomic E-state index is 0.165. The van der Waals surface area contributed by atoms with E-state index in [9.17, 15) is 0 Å². The number of nitrogens with zero attached hydrogens (tertiary/aromatic N) is 4. The van der Waals surface area contributed by atoms with E-state index in [1.807, 2.05) is 50.2 Å². The molecule has 0 amide bonds. The highest BCUT2D eigenvalue weighted by Gasteiger charge is 2.04. The molecule has 2 rings (SSSR count). The summed E-state index contributed by atoms with van der Waals surface area (Å²) in [6, 6.07) is 11.7. The lowest BCUT2D eigenvalue weighted by molar-refractivity contribution is 0.141. The Kier molecular flexibility index (Phi) is 9.07. The molecule has 0 spiro atoms. The Morgan fingerprint density at radius 1 is 0.893 bits per heavy atom. The van der Waals surface area contributed by atoms with Crippen LogP contribution >= 0.6 is 0 Å². The zero-order valence-corrected chi connectivity index (χ0v) is 16.8. The van der Waals surface area contributed by atoms with Crippen LogP contribution in [-0.2, 0) is 22.5 Å². The first-order valence-corrected chi connectivity index (χ1v) is 9.42. The van der Waals surface area contributed by atoms with Gasteiger partial charge in [-0.15, -0.1) is 0 Å². The van der Waals surface area contributed by atoms with Crippen LogP contribution in [0, 0.1) is 0 Å². The average molecular weight is 384 g/mol. The number of aryl methyl sites for hydroxylation is 2. The molecule has 0 aromatic carbocycles. The van der Waals surface area contributed by atoms with E-state index in [2.05, 4.69) is 20.3 Å². The van der Waals surface area contributed by atoms with E-state index in [-0.39, 0.29) is 6.61 Å². The molecule has 1 N–H and O–H groups in total. The summed E-state index contributed by atoms with van der Waals surface area (Å²) in [5.74, 6) is 0. The fourth-order valence-corrected chi connectivity index (χ4v) is 2.59. The molecule has 0 aliphatic carbocycles. The summed E-state index contributed by atoms with van der Waals surface area (Å²) in [6.07, 6.45) is 3.05. The Hall–Kier alpha value is -2.80. The van der Waals surface area contributed by atoms with Crippen molar-refractivity contribution in [1.82, 2.24) is 9.97 Å². The van der Waals surface area contributed by atoms with Gasteiger partial charge in [-0.1, -0.05) is 22.4 Å². The van der Waals surface area contributed by atoms with Gasteiger partial charge >= 0.3 is 0 Å². The molecule has 7 heteroatoms. The highest BCUT2D eigenvalue weighted by molar-refractivity contribution is 5.96. The van der Waals surface area contributed by atoms with Crippen molar-refractivity contribution >= 4 is 11.4 Å². The molecule has 0 saturated carbocycles. The molecule has 0 bridgehead atoms. The van der Waals surface area contributed by atoms with Crippen molar-refractivity contribution in [3.8, 4) is 0 Å². The number of hydrogen-bond acceptors (Lipinski definition) is 7. The largest absolute Gasteiger partial charge is 0.399 e. The van der Waals surface area contributed by atoms with Crippen LogP contribution in [0.1, 0.15) is 49.5 Å². The molecule has 7 nitrogen and oxygen atoms in total. The Morgan fingerprint density at radius 3 is 2.04 bits per heavy atom.